The van der Waals surface area contributed by atoms with Gasteiger partial charge in [-0.2, -0.15) is 0 Å². The Morgan fingerprint density at radius 2 is 1.80 bits per heavy atom. The summed E-state index contributed by atoms with van der Waals surface area (Å²) >= 11 is 1.20. The third-order valence-corrected chi connectivity index (χ3v) is 5.94. The Kier molecular flexibility index (Phi) is 5.93. The molecule has 0 aliphatic heterocycles. The number of hydrogen-bond donors (Lipinski definition) is 1. The number of anilines is 1. The maximum absolute atomic E-state index is 12.3. The predicted molar refractivity (Wildman–Crippen MR) is 95.5 cm³/mol. The number of thiophene rings is 1. The average molecular weight is 382 g/mol. The number of hydrogen-bond acceptors (Lipinski definition) is 6. The number of amides is 1. The van der Waals surface area contributed by atoms with Crippen molar-refractivity contribution in [1.82, 2.24) is 4.31 Å². The van der Waals surface area contributed by atoms with Crippen molar-refractivity contribution in [3.05, 3.63) is 46.8 Å². The molecule has 1 heterocycles. The largest absolute Gasteiger partial charge is 0.462 e. The molecule has 2 rings (SSSR count). The second-order valence-electron chi connectivity index (χ2n) is 5.15. The molecule has 1 aromatic heterocycles. The van der Waals surface area contributed by atoms with Crippen LogP contribution in [0.25, 0.3) is 0 Å². The zero-order valence-corrected chi connectivity index (χ0v) is 15.6. The topological polar surface area (TPSA) is 92.8 Å². The highest BCUT2D eigenvalue weighted by Crippen LogP contribution is 2.25. The minimum Gasteiger partial charge on any atom is -0.462 e. The molecule has 1 amide bonds. The van der Waals surface area contributed by atoms with Crippen molar-refractivity contribution in [1.29, 1.82) is 0 Å². The highest BCUT2D eigenvalue weighted by Gasteiger charge is 2.19. The lowest BCUT2D eigenvalue weighted by atomic mass is 10.2. The molecule has 0 aliphatic carbocycles. The minimum atomic E-state index is -3.55. The smallest absolute Gasteiger partial charge is 0.341 e. The summed E-state index contributed by atoms with van der Waals surface area (Å²) in [6, 6.07) is 7.15. The number of ether oxygens (including phenoxy) is 1. The third-order valence-electron chi connectivity index (χ3n) is 3.28. The number of sulfonamides is 1. The van der Waals surface area contributed by atoms with Crippen LogP contribution in [0.3, 0.4) is 0 Å². The van der Waals surface area contributed by atoms with Crippen molar-refractivity contribution in [3.63, 3.8) is 0 Å². The van der Waals surface area contributed by atoms with Gasteiger partial charge in [0.05, 0.1) is 17.1 Å². The summed E-state index contributed by atoms with van der Waals surface area (Å²) in [4.78, 5) is 24.2. The fourth-order valence-corrected chi connectivity index (χ4v) is 3.61. The van der Waals surface area contributed by atoms with Crippen LogP contribution in [-0.4, -0.2) is 45.3 Å². The van der Waals surface area contributed by atoms with E-state index in [-0.39, 0.29) is 22.6 Å². The summed E-state index contributed by atoms with van der Waals surface area (Å²) in [6.07, 6.45) is 0. The van der Waals surface area contributed by atoms with Gasteiger partial charge in [0.15, 0.2) is 0 Å². The molecule has 134 valence electrons. The van der Waals surface area contributed by atoms with Gasteiger partial charge in [0.2, 0.25) is 10.0 Å². The van der Waals surface area contributed by atoms with Gasteiger partial charge >= 0.3 is 5.97 Å². The highest BCUT2D eigenvalue weighted by atomic mass is 32.2. The summed E-state index contributed by atoms with van der Waals surface area (Å²) in [7, 11) is -0.683. The van der Waals surface area contributed by atoms with E-state index in [0.29, 0.717) is 5.00 Å². The molecule has 2 aromatic rings. The Hall–Kier alpha value is -2.23. The molecule has 1 N–H and O–H groups in total. The minimum absolute atomic E-state index is 0.0948. The number of nitrogens with one attached hydrogen (secondary N) is 1. The van der Waals surface area contributed by atoms with Crippen molar-refractivity contribution >= 4 is 38.2 Å². The van der Waals surface area contributed by atoms with Gasteiger partial charge in [0.25, 0.3) is 5.91 Å². The lowest BCUT2D eigenvalue weighted by molar-refractivity contribution is 0.0528. The van der Waals surface area contributed by atoms with Crippen LogP contribution in [0.5, 0.6) is 0 Å². The molecule has 0 saturated heterocycles. The zero-order valence-electron chi connectivity index (χ0n) is 14.0. The zero-order chi connectivity index (χ0) is 18.6. The maximum atomic E-state index is 12.3. The van der Waals surface area contributed by atoms with Gasteiger partial charge in [-0.3, -0.25) is 4.79 Å². The standard InChI is InChI=1S/C16H18N2O5S2/c1-4-23-16(20)13-9-10-24-15(13)17-14(19)11-5-7-12(8-6-11)25(21,22)18(2)3/h5-10H,4H2,1-3H3,(H,17,19). The number of esters is 1. The highest BCUT2D eigenvalue weighted by molar-refractivity contribution is 7.89. The number of carbonyl (C=O) groups excluding carboxylic acids is 2. The molecule has 0 radical (unpaired) electrons. The molecule has 25 heavy (non-hydrogen) atoms. The van der Waals surface area contributed by atoms with Gasteiger partial charge in [0, 0.05) is 19.7 Å². The molecule has 0 aliphatic rings. The Balaban J connectivity index is 2.18. The summed E-state index contributed by atoms with van der Waals surface area (Å²) in [5.41, 5.74) is 0.563. The summed E-state index contributed by atoms with van der Waals surface area (Å²) in [5.74, 6) is -0.951. The van der Waals surface area contributed by atoms with E-state index in [9.17, 15) is 18.0 Å². The Morgan fingerprint density at radius 3 is 2.36 bits per heavy atom. The second-order valence-corrected chi connectivity index (χ2v) is 8.22. The van der Waals surface area contributed by atoms with Gasteiger partial charge in [-0.25, -0.2) is 17.5 Å². The third kappa shape index (κ3) is 4.25. The van der Waals surface area contributed by atoms with Crippen molar-refractivity contribution in [2.75, 3.05) is 26.0 Å². The molecule has 0 atom stereocenters. The molecular weight excluding hydrogens is 364 g/mol. The lowest BCUT2D eigenvalue weighted by Crippen LogP contribution is -2.22. The lowest BCUT2D eigenvalue weighted by Gasteiger charge is -2.11. The van der Waals surface area contributed by atoms with Gasteiger partial charge in [-0.15, -0.1) is 11.3 Å². The summed E-state index contributed by atoms with van der Waals surface area (Å²) in [5, 5.41) is 4.70. The van der Waals surface area contributed by atoms with E-state index in [1.54, 1.807) is 18.4 Å². The number of benzene rings is 1. The van der Waals surface area contributed by atoms with Crippen LogP contribution < -0.4 is 5.32 Å². The first kappa shape index (κ1) is 19.1. The van der Waals surface area contributed by atoms with E-state index in [4.69, 9.17) is 4.74 Å². The van der Waals surface area contributed by atoms with Crippen LogP contribution in [-0.2, 0) is 14.8 Å². The first-order chi connectivity index (χ1) is 11.8. The fraction of sp³-hybridized carbons (Fsp3) is 0.250. The SMILES string of the molecule is CCOC(=O)c1ccsc1NC(=O)c1ccc(S(=O)(=O)N(C)C)cc1. The van der Waals surface area contributed by atoms with Crippen molar-refractivity contribution in [2.24, 2.45) is 0 Å². The van der Waals surface area contributed by atoms with E-state index < -0.39 is 21.9 Å². The van der Waals surface area contributed by atoms with Crippen LogP contribution in [0.15, 0.2) is 40.6 Å². The Morgan fingerprint density at radius 1 is 1.16 bits per heavy atom. The Bertz CT molecular complexity index is 870. The van der Waals surface area contributed by atoms with E-state index in [2.05, 4.69) is 5.32 Å². The van der Waals surface area contributed by atoms with Crippen molar-refractivity contribution in [3.8, 4) is 0 Å². The molecule has 1 aromatic carbocycles. The van der Waals surface area contributed by atoms with Crippen LogP contribution in [0.4, 0.5) is 5.00 Å². The number of carbonyl (C=O) groups is 2. The molecule has 9 heteroatoms. The molecule has 0 unspecified atom stereocenters. The Labute approximate surface area is 150 Å². The molecular formula is C16H18N2O5S2. The molecule has 0 bridgehead atoms. The van der Waals surface area contributed by atoms with Gasteiger partial charge in [0.1, 0.15) is 5.00 Å². The molecule has 7 nitrogen and oxygen atoms in total. The van der Waals surface area contributed by atoms with Crippen LogP contribution in [0.1, 0.15) is 27.6 Å². The molecule has 0 fully saturated rings. The normalized spacial score (nSPS) is 11.4. The van der Waals surface area contributed by atoms with E-state index in [0.717, 1.165) is 4.31 Å². The quantitative estimate of drug-likeness (QED) is 0.775. The van der Waals surface area contributed by atoms with E-state index in [1.165, 1.54) is 49.7 Å². The van der Waals surface area contributed by atoms with Crippen LogP contribution >= 0.6 is 11.3 Å². The van der Waals surface area contributed by atoms with Gasteiger partial charge in [-0.05, 0) is 42.6 Å². The predicted octanol–water partition coefficient (Wildman–Crippen LogP) is 2.43. The maximum Gasteiger partial charge on any atom is 0.341 e. The first-order valence-corrected chi connectivity index (χ1v) is 9.68. The van der Waals surface area contributed by atoms with Crippen molar-refractivity contribution < 1.29 is 22.7 Å². The first-order valence-electron chi connectivity index (χ1n) is 7.36. The second kappa shape index (κ2) is 7.77. The van der Waals surface area contributed by atoms with Crippen LogP contribution in [0.2, 0.25) is 0 Å². The average Bonchev–Trinajstić information content (AvgIpc) is 3.03. The van der Waals surface area contributed by atoms with Crippen molar-refractivity contribution in [2.45, 2.75) is 11.8 Å². The molecule has 0 saturated carbocycles. The summed E-state index contributed by atoms with van der Waals surface area (Å²) < 4.78 is 30.1. The van der Waals surface area contributed by atoms with Gasteiger partial charge in [-0.1, -0.05) is 0 Å². The monoisotopic (exact) mass is 382 g/mol. The number of rotatable bonds is 6. The van der Waals surface area contributed by atoms with Crippen LogP contribution in [0, 0.1) is 0 Å². The fourth-order valence-electron chi connectivity index (χ4n) is 1.94. The summed E-state index contributed by atoms with van der Waals surface area (Å²) in [6.45, 7) is 1.94. The molecule has 0 spiro atoms. The van der Waals surface area contributed by atoms with E-state index >= 15 is 0 Å². The van der Waals surface area contributed by atoms with Gasteiger partial charge < -0.3 is 10.1 Å². The van der Waals surface area contributed by atoms with E-state index in [1.807, 2.05) is 0 Å². The number of nitrogens with zero attached hydrogens (tertiary/aromatic N) is 1.